The van der Waals surface area contributed by atoms with Gasteiger partial charge in [-0.15, -0.1) is 16.8 Å². The predicted octanol–water partition coefficient (Wildman–Crippen LogP) is 4.71. The third kappa shape index (κ3) is 4.46. The lowest BCUT2D eigenvalue weighted by Gasteiger charge is -2.20. The van der Waals surface area contributed by atoms with Gasteiger partial charge in [0.15, 0.2) is 11.0 Å². The molecule has 0 aliphatic rings. The largest absolute Gasteiger partial charge is 0.348 e. The average Bonchev–Trinajstić information content (AvgIpc) is 3.09. The second kappa shape index (κ2) is 9.08. The molecule has 7 heteroatoms. The fourth-order valence-corrected chi connectivity index (χ4v) is 4.03. The molecule has 3 aromatic rings. The van der Waals surface area contributed by atoms with Crippen LogP contribution in [0.5, 0.6) is 0 Å². The van der Waals surface area contributed by atoms with Crippen LogP contribution >= 0.6 is 23.4 Å². The van der Waals surface area contributed by atoms with Crippen LogP contribution in [0.25, 0.3) is 11.4 Å². The zero-order valence-electron chi connectivity index (χ0n) is 15.7. The van der Waals surface area contributed by atoms with Crippen LogP contribution < -0.4 is 0 Å². The van der Waals surface area contributed by atoms with E-state index >= 15 is 0 Å². The molecule has 1 amide bonds. The molecule has 3 rings (SSSR count). The van der Waals surface area contributed by atoms with Crippen molar-refractivity contribution in [2.45, 2.75) is 17.0 Å². The van der Waals surface area contributed by atoms with Crippen molar-refractivity contribution in [1.82, 2.24) is 19.7 Å². The number of aromatic nitrogens is 3. The summed E-state index contributed by atoms with van der Waals surface area (Å²) in [6.07, 6.45) is 1.79. The van der Waals surface area contributed by atoms with Crippen molar-refractivity contribution < 1.29 is 4.79 Å². The van der Waals surface area contributed by atoms with E-state index in [1.165, 1.54) is 11.8 Å². The van der Waals surface area contributed by atoms with Gasteiger partial charge in [-0.3, -0.25) is 9.36 Å². The molecule has 2 aromatic carbocycles. The summed E-state index contributed by atoms with van der Waals surface area (Å²) in [6, 6.07) is 17.1. The maximum atomic E-state index is 12.8. The van der Waals surface area contributed by atoms with Gasteiger partial charge in [-0.1, -0.05) is 59.8 Å². The molecular formula is C21H21ClN4OS. The van der Waals surface area contributed by atoms with Crippen LogP contribution in [0.4, 0.5) is 0 Å². The van der Waals surface area contributed by atoms with E-state index in [9.17, 15) is 4.79 Å². The van der Waals surface area contributed by atoms with E-state index in [1.54, 1.807) is 25.1 Å². The van der Waals surface area contributed by atoms with Crippen molar-refractivity contribution in [2.75, 3.05) is 14.1 Å². The van der Waals surface area contributed by atoms with Crippen molar-refractivity contribution in [3.05, 3.63) is 77.8 Å². The number of nitrogens with zero attached hydrogens (tertiary/aromatic N) is 4. The van der Waals surface area contributed by atoms with E-state index in [2.05, 4.69) is 16.8 Å². The van der Waals surface area contributed by atoms with Crippen molar-refractivity contribution >= 4 is 29.3 Å². The van der Waals surface area contributed by atoms with Crippen LogP contribution in [-0.4, -0.2) is 39.7 Å². The molecule has 0 bridgehead atoms. The first-order chi connectivity index (χ1) is 13.5. The zero-order chi connectivity index (χ0) is 20.1. The maximum absolute atomic E-state index is 12.8. The summed E-state index contributed by atoms with van der Waals surface area (Å²) >= 11 is 7.39. The van der Waals surface area contributed by atoms with Gasteiger partial charge in [0.1, 0.15) is 5.25 Å². The Bertz CT molecular complexity index is 954. The molecule has 0 aliphatic carbocycles. The van der Waals surface area contributed by atoms with Gasteiger partial charge in [0, 0.05) is 31.2 Å². The second-order valence-corrected chi connectivity index (χ2v) is 7.86. The molecule has 1 atom stereocenters. The van der Waals surface area contributed by atoms with Crippen molar-refractivity contribution in [3.63, 3.8) is 0 Å². The third-order valence-corrected chi connectivity index (χ3v) is 5.60. The number of carbonyl (C=O) groups excluding carboxylic acids is 1. The highest BCUT2D eigenvalue weighted by Crippen LogP contribution is 2.37. The Morgan fingerprint density at radius 3 is 2.46 bits per heavy atom. The molecule has 1 heterocycles. The lowest BCUT2D eigenvalue weighted by Crippen LogP contribution is -2.27. The number of hydrogen-bond acceptors (Lipinski definition) is 4. The van der Waals surface area contributed by atoms with Crippen molar-refractivity contribution in [1.29, 1.82) is 0 Å². The number of rotatable bonds is 7. The minimum atomic E-state index is -0.415. The number of likely N-dealkylation sites (N-methyl/N-ethyl adjacent to an activating group) is 1. The van der Waals surface area contributed by atoms with E-state index < -0.39 is 5.25 Å². The Morgan fingerprint density at radius 1 is 1.18 bits per heavy atom. The molecule has 1 aromatic heterocycles. The van der Waals surface area contributed by atoms with Crippen LogP contribution in [0, 0.1) is 0 Å². The number of amides is 1. The van der Waals surface area contributed by atoms with Gasteiger partial charge in [0.05, 0.1) is 0 Å². The van der Waals surface area contributed by atoms with Crippen molar-refractivity contribution in [2.24, 2.45) is 0 Å². The van der Waals surface area contributed by atoms with Crippen molar-refractivity contribution in [3.8, 4) is 11.4 Å². The lowest BCUT2D eigenvalue weighted by atomic mass is 10.1. The molecule has 144 valence electrons. The first-order valence-electron chi connectivity index (χ1n) is 8.74. The fraction of sp³-hybridized carbons (Fsp3) is 0.190. The minimum Gasteiger partial charge on any atom is -0.348 e. The Morgan fingerprint density at radius 2 is 1.86 bits per heavy atom. The Kier molecular flexibility index (Phi) is 6.54. The van der Waals surface area contributed by atoms with E-state index in [0.717, 1.165) is 11.1 Å². The van der Waals surface area contributed by atoms with Gasteiger partial charge in [-0.25, -0.2) is 0 Å². The highest BCUT2D eigenvalue weighted by molar-refractivity contribution is 8.00. The zero-order valence-corrected chi connectivity index (χ0v) is 17.3. The Labute approximate surface area is 174 Å². The second-order valence-electron chi connectivity index (χ2n) is 6.35. The highest BCUT2D eigenvalue weighted by Gasteiger charge is 2.26. The number of allylic oxidation sites excluding steroid dienone is 1. The molecule has 0 aliphatic heterocycles. The first kappa shape index (κ1) is 20.2. The average molecular weight is 413 g/mol. The molecule has 1 unspecified atom stereocenters. The van der Waals surface area contributed by atoms with E-state index in [-0.39, 0.29) is 5.91 Å². The van der Waals surface area contributed by atoms with E-state index in [4.69, 9.17) is 11.6 Å². The first-order valence-corrected chi connectivity index (χ1v) is 10.00. The van der Waals surface area contributed by atoms with E-state index in [1.807, 2.05) is 59.2 Å². The summed E-state index contributed by atoms with van der Waals surface area (Å²) in [5.74, 6) is 0.709. The van der Waals surface area contributed by atoms with Crippen LogP contribution in [0.15, 0.2) is 72.4 Å². The standard InChI is InChI=1S/C21H21ClN4OS/c1-4-14-26-19(16-10-12-17(22)13-11-16)23-24-21(26)28-18(20(27)25(2)3)15-8-6-5-7-9-15/h4-13,18H,1,14H2,2-3H3. The summed E-state index contributed by atoms with van der Waals surface area (Å²) in [7, 11) is 3.51. The van der Waals surface area contributed by atoms with Crippen LogP contribution in [0.1, 0.15) is 10.8 Å². The number of hydrogen-bond donors (Lipinski definition) is 0. The summed E-state index contributed by atoms with van der Waals surface area (Å²) in [5.41, 5.74) is 1.83. The number of thioether (sulfide) groups is 1. The molecule has 0 saturated carbocycles. The molecule has 5 nitrogen and oxygen atoms in total. The van der Waals surface area contributed by atoms with Crippen LogP contribution in [-0.2, 0) is 11.3 Å². The predicted molar refractivity (Wildman–Crippen MR) is 114 cm³/mol. The monoisotopic (exact) mass is 412 g/mol. The fourth-order valence-electron chi connectivity index (χ4n) is 2.71. The Hall–Kier alpha value is -2.57. The Balaban J connectivity index is 2.00. The maximum Gasteiger partial charge on any atom is 0.240 e. The van der Waals surface area contributed by atoms with Gasteiger partial charge < -0.3 is 4.90 Å². The smallest absolute Gasteiger partial charge is 0.240 e. The molecular weight excluding hydrogens is 392 g/mol. The minimum absolute atomic E-state index is 0.00241. The summed E-state index contributed by atoms with van der Waals surface area (Å²) < 4.78 is 1.96. The molecule has 0 saturated heterocycles. The number of carbonyl (C=O) groups is 1. The van der Waals surface area contributed by atoms with E-state index in [0.29, 0.717) is 22.5 Å². The summed E-state index contributed by atoms with van der Waals surface area (Å²) in [6.45, 7) is 4.38. The summed E-state index contributed by atoms with van der Waals surface area (Å²) in [4.78, 5) is 14.4. The summed E-state index contributed by atoms with van der Waals surface area (Å²) in [5, 5.41) is 9.63. The molecule has 0 N–H and O–H groups in total. The SMILES string of the molecule is C=CCn1c(SC(C(=O)N(C)C)c2ccccc2)nnc1-c1ccc(Cl)cc1. The van der Waals surface area contributed by atoms with Gasteiger partial charge in [0.2, 0.25) is 5.91 Å². The topological polar surface area (TPSA) is 51.0 Å². The molecule has 0 spiro atoms. The van der Waals surface area contributed by atoms with Gasteiger partial charge in [-0.05, 0) is 29.8 Å². The molecule has 28 heavy (non-hydrogen) atoms. The van der Waals surface area contributed by atoms with Crippen LogP contribution in [0.3, 0.4) is 0 Å². The normalized spacial score (nSPS) is 11.8. The van der Waals surface area contributed by atoms with Gasteiger partial charge in [0.25, 0.3) is 0 Å². The quantitative estimate of drug-likeness (QED) is 0.416. The third-order valence-electron chi connectivity index (χ3n) is 4.12. The highest BCUT2D eigenvalue weighted by atomic mass is 35.5. The number of halogens is 1. The van der Waals surface area contributed by atoms with Gasteiger partial charge in [-0.2, -0.15) is 0 Å². The van der Waals surface area contributed by atoms with Crippen LogP contribution in [0.2, 0.25) is 5.02 Å². The van der Waals surface area contributed by atoms with Gasteiger partial charge >= 0.3 is 0 Å². The molecule has 0 radical (unpaired) electrons. The number of benzene rings is 2. The molecule has 0 fully saturated rings. The lowest BCUT2D eigenvalue weighted by molar-refractivity contribution is -0.128.